The summed E-state index contributed by atoms with van der Waals surface area (Å²) < 4.78 is 0. The van der Waals surface area contributed by atoms with Crippen LogP contribution in [-0.2, 0) is 5.41 Å². The summed E-state index contributed by atoms with van der Waals surface area (Å²) in [5.74, 6) is 0.145. The average molecular weight is 267 g/mol. The number of rotatable bonds is 1. The van der Waals surface area contributed by atoms with Crippen molar-refractivity contribution in [3.63, 3.8) is 0 Å². The number of amides is 1. The van der Waals surface area contributed by atoms with Crippen LogP contribution < -0.4 is 5.32 Å². The fourth-order valence-corrected chi connectivity index (χ4v) is 3.19. The number of hydrogen-bond acceptors (Lipinski definition) is 4. The molecule has 0 spiro atoms. The largest absolute Gasteiger partial charge is 0.335 e. The third-order valence-corrected chi connectivity index (χ3v) is 4.00. The summed E-state index contributed by atoms with van der Waals surface area (Å²) in [6.45, 7) is 11.6. The van der Waals surface area contributed by atoms with Crippen LogP contribution in [0.2, 0.25) is 0 Å². The van der Waals surface area contributed by atoms with Gasteiger partial charge in [0, 0.05) is 31.6 Å². The van der Waals surface area contributed by atoms with Gasteiger partial charge < -0.3 is 10.2 Å². The van der Waals surface area contributed by atoms with E-state index in [9.17, 15) is 4.79 Å². The van der Waals surface area contributed by atoms with Gasteiger partial charge in [-0.2, -0.15) is 0 Å². The molecule has 0 aromatic carbocycles. The molecule has 0 saturated carbocycles. The summed E-state index contributed by atoms with van der Waals surface area (Å²) in [6.07, 6.45) is 0. The van der Waals surface area contributed by atoms with Gasteiger partial charge in [0.25, 0.3) is 5.91 Å². The number of piperazine rings is 1. The van der Waals surface area contributed by atoms with E-state index in [1.807, 2.05) is 11.8 Å². The predicted molar refractivity (Wildman–Crippen MR) is 74.3 cm³/mol. The van der Waals surface area contributed by atoms with Crippen molar-refractivity contribution in [1.82, 2.24) is 15.2 Å². The third-order valence-electron chi connectivity index (χ3n) is 3.04. The van der Waals surface area contributed by atoms with E-state index in [-0.39, 0.29) is 11.3 Å². The minimum Gasteiger partial charge on any atom is -0.335 e. The number of nitrogens with zero attached hydrogens (tertiary/aromatic N) is 2. The van der Waals surface area contributed by atoms with Crippen molar-refractivity contribution in [3.8, 4) is 0 Å². The number of thiazole rings is 1. The fourth-order valence-electron chi connectivity index (χ4n) is 2.09. The second kappa shape index (κ2) is 4.97. The molecule has 1 aromatic heterocycles. The van der Waals surface area contributed by atoms with Gasteiger partial charge in [0.05, 0.1) is 10.7 Å². The normalized spacial score (nSPS) is 17.0. The molecule has 0 aliphatic carbocycles. The Labute approximate surface area is 112 Å². The molecule has 4 nitrogen and oxygen atoms in total. The number of carbonyl (C=O) groups is 1. The number of hydrogen-bond donors (Lipinski definition) is 1. The monoisotopic (exact) mass is 267 g/mol. The van der Waals surface area contributed by atoms with Crippen LogP contribution in [-0.4, -0.2) is 42.0 Å². The minimum absolute atomic E-state index is 0.0796. The molecule has 1 saturated heterocycles. The van der Waals surface area contributed by atoms with E-state index < -0.39 is 0 Å². The van der Waals surface area contributed by atoms with Crippen LogP contribution in [0.25, 0.3) is 0 Å². The summed E-state index contributed by atoms with van der Waals surface area (Å²) in [5.41, 5.74) is 0.859. The second-order valence-electron chi connectivity index (χ2n) is 5.70. The van der Waals surface area contributed by atoms with Crippen LogP contribution in [0.3, 0.4) is 0 Å². The summed E-state index contributed by atoms with van der Waals surface area (Å²) in [7, 11) is 0. The van der Waals surface area contributed by atoms with Gasteiger partial charge in [-0.1, -0.05) is 20.8 Å². The van der Waals surface area contributed by atoms with Crippen molar-refractivity contribution in [3.05, 3.63) is 15.6 Å². The maximum absolute atomic E-state index is 12.5. The van der Waals surface area contributed by atoms with Crippen molar-refractivity contribution in [2.24, 2.45) is 0 Å². The molecule has 2 rings (SSSR count). The zero-order chi connectivity index (χ0) is 13.3. The van der Waals surface area contributed by atoms with E-state index in [1.165, 1.54) is 11.3 Å². The van der Waals surface area contributed by atoms with E-state index in [1.54, 1.807) is 0 Å². The molecule has 5 heteroatoms. The summed E-state index contributed by atoms with van der Waals surface area (Å²) in [5, 5.41) is 4.24. The van der Waals surface area contributed by atoms with Crippen LogP contribution in [0, 0.1) is 6.92 Å². The Morgan fingerprint density at radius 3 is 2.50 bits per heavy atom. The van der Waals surface area contributed by atoms with Gasteiger partial charge in [-0.15, -0.1) is 11.3 Å². The zero-order valence-electron chi connectivity index (χ0n) is 11.5. The highest BCUT2D eigenvalue weighted by molar-refractivity contribution is 7.13. The molecule has 0 atom stereocenters. The van der Waals surface area contributed by atoms with E-state index in [2.05, 4.69) is 31.1 Å². The molecule has 1 amide bonds. The highest BCUT2D eigenvalue weighted by Gasteiger charge is 2.29. The number of aromatic nitrogens is 1. The molecule has 1 aliphatic heterocycles. The Hall–Kier alpha value is -0.940. The zero-order valence-corrected chi connectivity index (χ0v) is 12.4. The fraction of sp³-hybridized carbons (Fsp3) is 0.692. The Morgan fingerprint density at radius 1 is 1.33 bits per heavy atom. The first-order valence-electron chi connectivity index (χ1n) is 6.37. The molecule has 1 N–H and O–H groups in total. The molecule has 1 fully saturated rings. The van der Waals surface area contributed by atoms with Gasteiger partial charge >= 0.3 is 0 Å². The van der Waals surface area contributed by atoms with Crippen molar-refractivity contribution in [2.75, 3.05) is 26.2 Å². The Balaban J connectivity index is 2.29. The molecule has 0 bridgehead atoms. The lowest BCUT2D eigenvalue weighted by atomic mass is 9.91. The molecule has 100 valence electrons. The van der Waals surface area contributed by atoms with Gasteiger partial charge in [-0.3, -0.25) is 4.79 Å². The van der Waals surface area contributed by atoms with E-state index >= 15 is 0 Å². The predicted octanol–water partition coefficient (Wildman–Crippen LogP) is 1.79. The Bertz CT molecular complexity index is 442. The van der Waals surface area contributed by atoms with Gasteiger partial charge in [-0.25, -0.2) is 4.98 Å². The Kier molecular flexibility index (Phi) is 3.73. The lowest BCUT2D eigenvalue weighted by molar-refractivity contribution is 0.0738. The SMILES string of the molecule is Cc1nc(C(C)(C)C)c(C(=O)N2CCNCC2)s1. The average Bonchev–Trinajstić information content (AvgIpc) is 2.71. The number of aryl methyl sites for hydroxylation is 1. The van der Waals surface area contributed by atoms with Gasteiger partial charge in [0.15, 0.2) is 0 Å². The van der Waals surface area contributed by atoms with Crippen molar-refractivity contribution in [2.45, 2.75) is 33.1 Å². The molecule has 2 heterocycles. The highest BCUT2D eigenvalue weighted by atomic mass is 32.1. The van der Waals surface area contributed by atoms with Gasteiger partial charge in [0.2, 0.25) is 0 Å². The van der Waals surface area contributed by atoms with Crippen molar-refractivity contribution in [1.29, 1.82) is 0 Å². The van der Waals surface area contributed by atoms with E-state index in [0.717, 1.165) is 41.8 Å². The smallest absolute Gasteiger partial charge is 0.265 e. The standard InChI is InChI=1S/C13H21N3OS/c1-9-15-11(13(2,3)4)10(18-9)12(17)16-7-5-14-6-8-16/h14H,5-8H2,1-4H3. The summed E-state index contributed by atoms with van der Waals surface area (Å²) in [6, 6.07) is 0. The first-order valence-corrected chi connectivity index (χ1v) is 7.19. The lowest BCUT2D eigenvalue weighted by Gasteiger charge is -2.28. The Morgan fingerprint density at radius 2 is 1.94 bits per heavy atom. The molecule has 1 aliphatic rings. The first-order chi connectivity index (χ1) is 8.39. The lowest BCUT2D eigenvalue weighted by Crippen LogP contribution is -2.46. The third kappa shape index (κ3) is 2.72. The quantitative estimate of drug-likeness (QED) is 0.844. The molecule has 18 heavy (non-hydrogen) atoms. The van der Waals surface area contributed by atoms with E-state index in [0.29, 0.717) is 0 Å². The first kappa shape index (κ1) is 13.5. The van der Waals surface area contributed by atoms with Crippen LogP contribution >= 0.6 is 11.3 Å². The number of carbonyl (C=O) groups excluding carboxylic acids is 1. The summed E-state index contributed by atoms with van der Waals surface area (Å²) >= 11 is 1.52. The second-order valence-corrected chi connectivity index (χ2v) is 6.91. The minimum atomic E-state index is -0.0796. The van der Waals surface area contributed by atoms with Crippen LogP contribution in [0.15, 0.2) is 0 Å². The molecular weight excluding hydrogens is 246 g/mol. The maximum atomic E-state index is 12.5. The molecule has 0 unspecified atom stereocenters. The summed E-state index contributed by atoms with van der Waals surface area (Å²) in [4.78, 5) is 19.9. The highest BCUT2D eigenvalue weighted by Crippen LogP contribution is 2.30. The van der Waals surface area contributed by atoms with Crippen molar-refractivity contribution < 1.29 is 4.79 Å². The van der Waals surface area contributed by atoms with Crippen LogP contribution in [0.4, 0.5) is 0 Å². The van der Waals surface area contributed by atoms with Crippen molar-refractivity contribution >= 4 is 17.2 Å². The number of nitrogens with one attached hydrogen (secondary N) is 1. The van der Waals surface area contributed by atoms with Crippen LogP contribution in [0.5, 0.6) is 0 Å². The van der Waals surface area contributed by atoms with Gasteiger partial charge in [-0.05, 0) is 6.92 Å². The molecule has 1 aromatic rings. The van der Waals surface area contributed by atoms with Gasteiger partial charge in [0.1, 0.15) is 4.88 Å². The maximum Gasteiger partial charge on any atom is 0.265 e. The van der Waals surface area contributed by atoms with Crippen LogP contribution in [0.1, 0.15) is 41.1 Å². The van der Waals surface area contributed by atoms with E-state index in [4.69, 9.17) is 0 Å². The topological polar surface area (TPSA) is 45.2 Å². The molecular formula is C13H21N3OS. The molecule has 0 radical (unpaired) electrons.